The third-order valence-electron chi connectivity index (χ3n) is 2.59. The molecule has 3 aromatic rings. The molecule has 0 saturated heterocycles. The fourth-order valence-corrected chi connectivity index (χ4v) is 2.26. The van der Waals surface area contributed by atoms with Crippen molar-refractivity contribution >= 4 is 32.7 Å². The van der Waals surface area contributed by atoms with E-state index in [0.29, 0.717) is 26.8 Å². The third kappa shape index (κ3) is 1.76. The average Bonchev–Trinajstić information content (AvgIpc) is 2.71. The maximum absolute atomic E-state index is 13.8. The van der Waals surface area contributed by atoms with E-state index in [1.807, 2.05) is 0 Å². The first-order chi connectivity index (χ1) is 8.65. The standard InChI is InChI=1S/C13H8BrFN2O/c14-8-2-1-3-9(15)12(8)13-17-10-5-4-7(16)6-11(10)18-13/h1-6H,16H2. The Kier molecular flexibility index (Phi) is 2.56. The topological polar surface area (TPSA) is 52.0 Å². The fraction of sp³-hybridized carbons (Fsp3) is 0. The number of oxazole rings is 1. The van der Waals surface area contributed by atoms with Crippen molar-refractivity contribution in [1.82, 2.24) is 4.98 Å². The molecule has 0 aliphatic rings. The van der Waals surface area contributed by atoms with Gasteiger partial charge in [0.05, 0.1) is 5.56 Å². The van der Waals surface area contributed by atoms with E-state index in [2.05, 4.69) is 20.9 Å². The average molecular weight is 307 g/mol. The molecule has 90 valence electrons. The van der Waals surface area contributed by atoms with Crippen molar-refractivity contribution in [1.29, 1.82) is 0 Å². The number of hydrogen-bond donors (Lipinski definition) is 1. The Morgan fingerprint density at radius 3 is 2.83 bits per heavy atom. The molecule has 1 aromatic heterocycles. The summed E-state index contributed by atoms with van der Waals surface area (Å²) in [5.74, 6) is -0.149. The molecule has 1 heterocycles. The first-order valence-electron chi connectivity index (χ1n) is 5.25. The minimum atomic E-state index is -0.385. The molecule has 0 aliphatic heterocycles. The normalized spacial score (nSPS) is 11.0. The summed E-state index contributed by atoms with van der Waals surface area (Å²) in [4.78, 5) is 4.25. The summed E-state index contributed by atoms with van der Waals surface area (Å²) in [7, 11) is 0. The second-order valence-corrected chi connectivity index (χ2v) is 4.70. The highest BCUT2D eigenvalue weighted by atomic mass is 79.9. The molecule has 0 aliphatic carbocycles. The van der Waals surface area contributed by atoms with Gasteiger partial charge in [0.1, 0.15) is 11.3 Å². The number of nitrogens with two attached hydrogens (primary N) is 1. The van der Waals surface area contributed by atoms with Gasteiger partial charge in [-0.3, -0.25) is 0 Å². The number of nitrogen functional groups attached to an aromatic ring is 1. The smallest absolute Gasteiger partial charge is 0.231 e. The van der Waals surface area contributed by atoms with Gasteiger partial charge in [-0.05, 0) is 40.2 Å². The van der Waals surface area contributed by atoms with Crippen LogP contribution in [0.5, 0.6) is 0 Å². The molecule has 0 radical (unpaired) electrons. The summed E-state index contributed by atoms with van der Waals surface area (Å²) in [5, 5.41) is 0. The Balaban J connectivity index is 2.26. The molecule has 3 rings (SSSR count). The van der Waals surface area contributed by atoms with Crippen LogP contribution >= 0.6 is 15.9 Å². The molecule has 0 unspecified atom stereocenters. The second kappa shape index (κ2) is 4.10. The first kappa shape index (κ1) is 11.2. The van der Waals surface area contributed by atoms with Crippen molar-refractivity contribution in [2.24, 2.45) is 0 Å². The zero-order chi connectivity index (χ0) is 12.7. The first-order valence-corrected chi connectivity index (χ1v) is 6.05. The molecule has 0 amide bonds. The summed E-state index contributed by atoms with van der Waals surface area (Å²) in [5.41, 5.74) is 7.74. The van der Waals surface area contributed by atoms with Gasteiger partial charge >= 0.3 is 0 Å². The Bertz CT molecular complexity index is 719. The molecule has 0 saturated carbocycles. The number of nitrogens with zero attached hydrogens (tertiary/aromatic N) is 1. The lowest BCUT2D eigenvalue weighted by molar-refractivity contribution is 0.593. The second-order valence-electron chi connectivity index (χ2n) is 3.84. The van der Waals surface area contributed by atoms with E-state index < -0.39 is 0 Å². The van der Waals surface area contributed by atoms with E-state index in [1.54, 1.807) is 30.3 Å². The SMILES string of the molecule is Nc1ccc2nc(-c3c(F)cccc3Br)oc2c1. The van der Waals surface area contributed by atoms with Crippen LogP contribution in [0.15, 0.2) is 45.3 Å². The molecular weight excluding hydrogens is 299 g/mol. The van der Waals surface area contributed by atoms with E-state index in [0.717, 1.165) is 0 Å². The summed E-state index contributed by atoms with van der Waals surface area (Å²) in [6.07, 6.45) is 0. The maximum atomic E-state index is 13.8. The van der Waals surface area contributed by atoms with Gasteiger partial charge in [0.2, 0.25) is 5.89 Å². The van der Waals surface area contributed by atoms with Crippen molar-refractivity contribution in [3.8, 4) is 11.5 Å². The Hall–Kier alpha value is -1.88. The predicted molar refractivity (Wildman–Crippen MR) is 71.5 cm³/mol. The van der Waals surface area contributed by atoms with Gasteiger partial charge in [0, 0.05) is 16.2 Å². The molecule has 18 heavy (non-hydrogen) atoms. The predicted octanol–water partition coefficient (Wildman–Crippen LogP) is 3.98. The minimum absolute atomic E-state index is 0.237. The Morgan fingerprint density at radius 1 is 1.22 bits per heavy atom. The molecule has 0 spiro atoms. The highest BCUT2D eigenvalue weighted by Gasteiger charge is 2.15. The van der Waals surface area contributed by atoms with Crippen LogP contribution in [-0.2, 0) is 0 Å². The van der Waals surface area contributed by atoms with E-state index >= 15 is 0 Å². The van der Waals surface area contributed by atoms with Gasteiger partial charge in [0.15, 0.2) is 5.58 Å². The van der Waals surface area contributed by atoms with Crippen molar-refractivity contribution in [2.75, 3.05) is 5.73 Å². The number of anilines is 1. The summed E-state index contributed by atoms with van der Waals surface area (Å²) < 4.78 is 19.9. The van der Waals surface area contributed by atoms with Gasteiger partial charge in [-0.2, -0.15) is 0 Å². The van der Waals surface area contributed by atoms with E-state index in [4.69, 9.17) is 10.2 Å². The van der Waals surface area contributed by atoms with Crippen molar-refractivity contribution in [3.05, 3.63) is 46.7 Å². The van der Waals surface area contributed by atoms with Crippen LogP contribution in [0.3, 0.4) is 0 Å². The molecular formula is C13H8BrFN2O. The van der Waals surface area contributed by atoms with E-state index in [1.165, 1.54) is 6.07 Å². The van der Waals surface area contributed by atoms with E-state index in [9.17, 15) is 4.39 Å². The molecule has 3 nitrogen and oxygen atoms in total. The van der Waals surface area contributed by atoms with Crippen LogP contribution in [0.1, 0.15) is 0 Å². The van der Waals surface area contributed by atoms with Crippen LogP contribution in [0, 0.1) is 5.82 Å². The number of halogens is 2. The van der Waals surface area contributed by atoms with Crippen LogP contribution in [0.2, 0.25) is 0 Å². The molecule has 2 aromatic carbocycles. The van der Waals surface area contributed by atoms with Crippen molar-refractivity contribution in [2.45, 2.75) is 0 Å². The number of rotatable bonds is 1. The summed E-state index contributed by atoms with van der Waals surface area (Å²) in [6, 6.07) is 9.85. The number of benzene rings is 2. The van der Waals surface area contributed by atoms with Crippen LogP contribution in [0.4, 0.5) is 10.1 Å². The number of aromatic nitrogens is 1. The lowest BCUT2D eigenvalue weighted by atomic mass is 10.2. The summed E-state index contributed by atoms with van der Waals surface area (Å²) >= 11 is 3.29. The monoisotopic (exact) mass is 306 g/mol. The Morgan fingerprint density at radius 2 is 2.06 bits per heavy atom. The van der Waals surface area contributed by atoms with Gasteiger partial charge in [-0.25, -0.2) is 9.37 Å². The number of fused-ring (bicyclic) bond motifs is 1. The minimum Gasteiger partial charge on any atom is -0.436 e. The maximum Gasteiger partial charge on any atom is 0.231 e. The summed E-state index contributed by atoms with van der Waals surface area (Å²) in [6.45, 7) is 0. The third-order valence-corrected chi connectivity index (χ3v) is 3.25. The van der Waals surface area contributed by atoms with Gasteiger partial charge in [0.25, 0.3) is 0 Å². The molecule has 0 bridgehead atoms. The van der Waals surface area contributed by atoms with Crippen LogP contribution in [-0.4, -0.2) is 4.98 Å². The Labute approximate surface area is 111 Å². The molecule has 0 atom stereocenters. The highest BCUT2D eigenvalue weighted by molar-refractivity contribution is 9.10. The van der Waals surface area contributed by atoms with E-state index in [-0.39, 0.29) is 11.7 Å². The van der Waals surface area contributed by atoms with Gasteiger partial charge in [-0.1, -0.05) is 6.07 Å². The quantitative estimate of drug-likeness (QED) is 0.692. The van der Waals surface area contributed by atoms with Gasteiger partial charge < -0.3 is 10.2 Å². The van der Waals surface area contributed by atoms with Crippen LogP contribution in [0.25, 0.3) is 22.6 Å². The zero-order valence-corrected chi connectivity index (χ0v) is 10.7. The van der Waals surface area contributed by atoms with Crippen molar-refractivity contribution in [3.63, 3.8) is 0 Å². The lowest BCUT2D eigenvalue weighted by Crippen LogP contribution is -1.85. The highest BCUT2D eigenvalue weighted by Crippen LogP contribution is 2.32. The van der Waals surface area contributed by atoms with Gasteiger partial charge in [-0.15, -0.1) is 0 Å². The fourth-order valence-electron chi connectivity index (χ4n) is 1.75. The molecule has 5 heteroatoms. The lowest BCUT2D eigenvalue weighted by Gasteiger charge is -2.00. The van der Waals surface area contributed by atoms with Crippen molar-refractivity contribution < 1.29 is 8.81 Å². The largest absolute Gasteiger partial charge is 0.436 e. The van der Waals surface area contributed by atoms with Crippen LogP contribution < -0.4 is 5.73 Å². The molecule has 0 fully saturated rings. The number of hydrogen-bond acceptors (Lipinski definition) is 3. The zero-order valence-electron chi connectivity index (χ0n) is 9.15. The molecule has 2 N–H and O–H groups in total.